The number of benzene rings is 2. The first-order valence-corrected chi connectivity index (χ1v) is 8.79. The van der Waals surface area contributed by atoms with Crippen LogP contribution in [0.4, 0.5) is 5.69 Å². The molecule has 0 aliphatic carbocycles. The summed E-state index contributed by atoms with van der Waals surface area (Å²) in [5.74, 6) is 0.577. The Bertz CT molecular complexity index is 816. The second kappa shape index (κ2) is 7.00. The Labute approximate surface area is 144 Å². The summed E-state index contributed by atoms with van der Waals surface area (Å²) in [6, 6.07) is 13.1. The van der Waals surface area contributed by atoms with Gasteiger partial charge in [0.25, 0.3) is 0 Å². The molecule has 124 valence electrons. The number of aryl methyl sites for hydroxylation is 3. The molecule has 0 unspecified atom stereocenters. The van der Waals surface area contributed by atoms with Crippen molar-refractivity contribution in [2.24, 2.45) is 15.7 Å². The highest BCUT2D eigenvalue weighted by Crippen LogP contribution is 2.31. The molecule has 0 saturated carbocycles. The third-order valence-electron chi connectivity index (χ3n) is 4.56. The maximum atomic E-state index is 6.07. The number of nitrogens with zero attached hydrogens (tertiary/aromatic N) is 2. The van der Waals surface area contributed by atoms with Crippen LogP contribution >= 0.6 is 0 Å². The molecule has 1 heterocycles. The summed E-state index contributed by atoms with van der Waals surface area (Å²) in [4.78, 5) is 9.47. The fourth-order valence-electron chi connectivity index (χ4n) is 3.20. The maximum Gasteiger partial charge on any atom is 0.121 e. The van der Waals surface area contributed by atoms with Crippen LogP contribution in [-0.4, -0.2) is 18.1 Å². The van der Waals surface area contributed by atoms with Crippen molar-refractivity contribution in [1.29, 1.82) is 0 Å². The molecule has 0 aromatic heterocycles. The van der Waals surface area contributed by atoms with Crippen molar-refractivity contribution in [1.82, 2.24) is 0 Å². The van der Waals surface area contributed by atoms with Crippen molar-refractivity contribution in [3.05, 3.63) is 64.2 Å². The SMILES string of the molecule is CCc1cccc(C2=NCC(N)=Nc3cc(CC)cc(CC)c32)c1. The highest BCUT2D eigenvalue weighted by atomic mass is 14.9. The van der Waals surface area contributed by atoms with Crippen LogP contribution in [0.3, 0.4) is 0 Å². The van der Waals surface area contributed by atoms with Gasteiger partial charge in [0, 0.05) is 11.1 Å². The third-order valence-corrected chi connectivity index (χ3v) is 4.56. The number of fused-ring (bicyclic) bond motifs is 1. The van der Waals surface area contributed by atoms with Crippen LogP contribution in [0.25, 0.3) is 0 Å². The van der Waals surface area contributed by atoms with Gasteiger partial charge in [-0.1, -0.05) is 45.0 Å². The Morgan fingerprint density at radius 2 is 1.75 bits per heavy atom. The summed E-state index contributed by atoms with van der Waals surface area (Å²) in [5.41, 5.74) is 14.3. The maximum absolute atomic E-state index is 6.07. The first-order chi connectivity index (χ1) is 11.7. The van der Waals surface area contributed by atoms with Gasteiger partial charge in [0.2, 0.25) is 0 Å². The fourth-order valence-corrected chi connectivity index (χ4v) is 3.20. The van der Waals surface area contributed by atoms with E-state index in [-0.39, 0.29) is 0 Å². The van der Waals surface area contributed by atoms with E-state index < -0.39 is 0 Å². The predicted octanol–water partition coefficient (Wildman–Crippen LogP) is 4.21. The van der Waals surface area contributed by atoms with Gasteiger partial charge in [-0.3, -0.25) is 4.99 Å². The number of nitrogens with two attached hydrogens (primary N) is 1. The second-order valence-electron chi connectivity index (χ2n) is 6.18. The molecule has 0 bridgehead atoms. The van der Waals surface area contributed by atoms with E-state index in [2.05, 4.69) is 62.2 Å². The molecule has 0 amide bonds. The lowest BCUT2D eigenvalue weighted by atomic mass is 9.91. The number of amidine groups is 1. The van der Waals surface area contributed by atoms with Gasteiger partial charge < -0.3 is 5.73 Å². The second-order valence-corrected chi connectivity index (χ2v) is 6.18. The van der Waals surface area contributed by atoms with Crippen molar-refractivity contribution in [3.63, 3.8) is 0 Å². The van der Waals surface area contributed by atoms with Gasteiger partial charge in [-0.05, 0) is 48.1 Å². The van der Waals surface area contributed by atoms with E-state index in [1.54, 1.807) is 0 Å². The minimum atomic E-state index is 0.449. The largest absolute Gasteiger partial charge is 0.386 e. The molecule has 2 N–H and O–H groups in total. The Hall–Kier alpha value is -2.42. The van der Waals surface area contributed by atoms with Crippen LogP contribution in [0.15, 0.2) is 46.4 Å². The van der Waals surface area contributed by atoms with E-state index in [4.69, 9.17) is 10.7 Å². The van der Waals surface area contributed by atoms with Crippen LogP contribution in [-0.2, 0) is 19.3 Å². The normalized spacial score (nSPS) is 13.8. The summed E-state index contributed by atoms with van der Waals surface area (Å²) in [6.45, 7) is 6.98. The van der Waals surface area contributed by atoms with Crippen LogP contribution in [0.1, 0.15) is 48.6 Å². The van der Waals surface area contributed by atoms with Gasteiger partial charge in [-0.15, -0.1) is 0 Å². The molecule has 3 rings (SSSR count). The lowest BCUT2D eigenvalue weighted by Gasteiger charge is -2.15. The molecule has 0 fully saturated rings. The molecule has 0 spiro atoms. The highest BCUT2D eigenvalue weighted by Gasteiger charge is 2.19. The number of hydrogen-bond donors (Lipinski definition) is 1. The first kappa shape index (κ1) is 16.4. The van der Waals surface area contributed by atoms with Crippen LogP contribution < -0.4 is 5.73 Å². The van der Waals surface area contributed by atoms with E-state index >= 15 is 0 Å². The summed E-state index contributed by atoms with van der Waals surface area (Å²) < 4.78 is 0. The number of hydrogen-bond acceptors (Lipinski definition) is 3. The van der Waals surface area contributed by atoms with Crippen LogP contribution in [0, 0.1) is 0 Å². The molecule has 24 heavy (non-hydrogen) atoms. The molecule has 1 aliphatic rings. The zero-order chi connectivity index (χ0) is 17.1. The summed E-state index contributed by atoms with van der Waals surface area (Å²) in [6.07, 6.45) is 2.97. The van der Waals surface area contributed by atoms with E-state index in [1.807, 2.05) is 0 Å². The van der Waals surface area contributed by atoms with E-state index in [9.17, 15) is 0 Å². The van der Waals surface area contributed by atoms with Crippen molar-refractivity contribution in [2.45, 2.75) is 40.0 Å². The lowest BCUT2D eigenvalue weighted by molar-refractivity contribution is 1.08. The zero-order valence-corrected chi connectivity index (χ0v) is 14.8. The standard InChI is InChI=1S/C21H25N3/c1-4-14-8-7-9-17(10-14)21-20-16(6-3)11-15(5-2)12-18(20)24-19(22)13-23-21/h7-12H,4-6,13H2,1-3H3,(H2,22,24). The Morgan fingerprint density at radius 1 is 0.958 bits per heavy atom. The Balaban J connectivity index is 2.24. The quantitative estimate of drug-likeness (QED) is 0.901. The summed E-state index contributed by atoms with van der Waals surface area (Å²) in [5, 5.41) is 0. The van der Waals surface area contributed by atoms with Crippen LogP contribution in [0.5, 0.6) is 0 Å². The number of aliphatic imine (C=N–C) groups is 2. The van der Waals surface area contributed by atoms with Gasteiger partial charge in [0.05, 0.1) is 17.9 Å². The molecule has 2 aromatic rings. The molecular formula is C21H25N3. The summed E-state index contributed by atoms with van der Waals surface area (Å²) >= 11 is 0. The third kappa shape index (κ3) is 3.12. The molecule has 3 nitrogen and oxygen atoms in total. The van der Waals surface area contributed by atoms with Gasteiger partial charge in [-0.25, -0.2) is 4.99 Å². The molecule has 0 radical (unpaired) electrons. The van der Waals surface area contributed by atoms with Gasteiger partial charge in [0.1, 0.15) is 5.84 Å². The molecule has 0 saturated heterocycles. The average molecular weight is 319 g/mol. The lowest BCUT2D eigenvalue weighted by Crippen LogP contribution is -2.15. The Morgan fingerprint density at radius 3 is 2.46 bits per heavy atom. The van der Waals surface area contributed by atoms with Crippen molar-refractivity contribution in [2.75, 3.05) is 6.54 Å². The molecule has 2 aromatic carbocycles. The first-order valence-electron chi connectivity index (χ1n) is 8.79. The summed E-state index contributed by atoms with van der Waals surface area (Å²) in [7, 11) is 0. The van der Waals surface area contributed by atoms with Crippen molar-refractivity contribution >= 4 is 17.2 Å². The minimum Gasteiger partial charge on any atom is -0.386 e. The number of rotatable bonds is 4. The Kier molecular flexibility index (Phi) is 4.79. The highest BCUT2D eigenvalue weighted by molar-refractivity contribution is 6.18. The smallest absolute Gasteiger partial charge is 0.121 e. The van der Waals surface area contributed by atoms with Crippen molar-refractivity contribution in [3.8, 4) is 0 Å². The fraction of sp³-hybridized carbons (Fsp3) is 0.333. The van der Waals surface area contributed by atoms with E-state index in [0.29, 0.717) is 12.4 Å². The van der Waals surface area contributed by atoms with E-state index in [1.165, 1.54) is 16.7 Å². The van der Waals surface area contributed by atoms with Crippen LogP contribution in [0.2, 0.25) is 0 Å². The average Bonchev–Trinajstić information content (AvgIpc) is 2.79. The molecule has 1 aliphatic heterocycles. The minimum absolute atomic E-state index is 0.449. The van der Waals surface area contributed by atoms with Crippen molar-refractivity contribution < 1.29 is 0 Å². The monoisotopic (exact) mass is 319 g/mol. The molecular weight excluding hydrogens is 294 g/mol. The van der Waals surface area contributed by atoms with Gasteiger partial charge in [0.15, 0.2) is 0 Å². The predicted molar refractivity (Wildman–Crippen MR) is 103 cm³/mol. The van der Waals surface area contributed by atoms with Gasteiger partial charge >= 0.3 is 0 Å². The molecule has 3 heteroatoms. The zero-order valence-electron chi connectivity index (χ0n) is 14.8. The van der Waals surface area contributed by atoms with E-state index in [0.717, 1.165) is 41.8 Å². The topological polar surface area (TPSA) is 50.7 Å². The van der Waals surface area contributed by atoms with Gasteiger partial charge in [-0.2, -0.15) is 0 Å². The molecule has 0 atom stereocenters.